The zero-order valence-electron chi connectivity index (χ0n) is 16.6. The van der Waals surface area contributed by atoms with Gasteiger partial charge in [-0.15, -0.1) is 11.3 Å². The van der Waals surface area contributed by atoms with Gasteiger partial charge in [0.15, 0.2) is 5.16 Å². The minimum atomic E-state index is -0.354. The molecular formula is C19H26N4O3S2. The van der Waals surface area contributed by atoms with E-state index in [1.165, 1.54) is 34.3 Å². The Bertz CT molecular complexity index is 840. The Balaban J connectivity index is 1.80. The summed E-state index contributed by atoms with van der Waals surface area (Å²) >= 11 is 2.77. The molecule has 152 valence electrons. The van der Waals surface area contributed by atoms with Gasteiger partial charge in [0.1, 0.15) is 11.3 Å². The van der Waals surface area contributed by atoms with Gasteiger partial charge in [0.2, 0.25) is 5.91 Å². The van der Waals surface area contributed by atoms with Crippen LogP contribution in [0.25, 0.3) is 0 Å². The minimum absolute atomic E-state index is 0.182. The van der Waals surface area contributed by atoms with E-state index in [9.17, 15) is 9.59 Å². The molecule has 2 N–H and O–H groups in total. The van der Waals surface area contributed by atoms with E-state index in [1.54, 1.807) is 6.92 Å². The Hall–Kier alpha value is -1.87. The summed E-state index contributed by atoms with van der Waals surface area (Å²) < 4.78 is 5.28. The summed E-state index contributed by atoms with van der Waals surface area (Å²) in [6.45, 7) is 8.87. The van der Waals surface area contributed by atoms with E-state index in [0.717, 1.165) is 24.8 Å². The number of aromatic amines is 1. The third-order valence-electron chi connectivity index (χ3n) is 4.96. The molecule has 3 rings (SSSR count). The topological polar surface area (TPSA) is 97.0 Å². The Labute approximate surface area is 173 Å². The Morgan fingerprint density at radius 1 is 1.43 bits per heavy atom. The van der Waals surface area contributed by atoms with Crippen molar-refractivity contribution in [3.63, 3.8) is 0 Å². The number of thiophene rings is 1. The quantitative estimate of drug-likeness (QED) is 0.541. The standard InChI is InChI=1S/C19H26N4O3S2/c1-5-26-17(25)15-12-7-6-11(19(2,3)4)8-13(12)28-16(15)22-14(24)9-27-18-20-10-21-23-18/h10-11H,5-9H2,1-4H3,(H,22,24)(H,20,21,23)/t11-/m0/s1. The van der Waals surface area contributed by atoms with E-state index < -0.39 is 0 Å². The number of nitrogens with zero attached hydrogens (tertiary/aromatic N) is 2. The molecule has 0 spiro atoms. The van der Waals surface area contributed by atoms with Crippen molar-refractivity contribution in [1.29, 1.82) is 0 Å². The molecule has 0 aromatic carbocycles. The largest absolute Gasteiger partial charge is 0.462 e. The van der Waals surface area contributed by atoms with E-state index in [2.05, 4.69) is 41.3 Å². The highest BCUT2D eigenvalue weighted by molar-refractivity contribution is 7.99. The van der Waals surface area contributed by atoms with E-state index >= 15 is 0 Å². The van der Waals surface area contributed by atoms with E-state index in [-0.39, 0.29) is 23.0 Å². The molecule has 1 amide bonds. The number of esters is 1. The third kappa shape index (κ3) is 4.75. The van der Waals surface area contributed by atoms with Crippen molar-refractivity contribution >= 4 is 40.0 Å². The fourth-order valence-corrected chi connectivity index (χ4v) is 5.30. The van der Waals surface area contributed by atoms with E-state index in [4.69, 9.17) is 4.74 Å². The summed E-state index contributed by atoms with van der Waals surface area (Å²) in [6.07, 6.45) is 4.20. The maximum Gasteiger partial charge on any atom is 0.341 e. The summed E-state index contributed by atoms with van der Waals surface area (Å²) in [6, 6.07) is 0. The van der Waals surface area contributed by atoms with Crippen LogP contribution in [-0.2, 0) is 22.4 Å². The first-order valence-corrected chi connectivity index (χ1v) is 11.2. The lowest BCUT2D eigenvalue weighted by atomic mass is 9.72. The number of aromatic nitrogens is 3. The van der Waals surface area contributed by atoms with Crippen LogP contribution in [0.15, 0.2) is 11.5 Å². The van der Waals surface area contributed by atoms with Gasteiger partial charge in [0, 0.05) is 4.88 Å². The minimum Gasteiger partial charge on any atom is -0.462 e. The van der Waals surface area contributed by atoms with Crippen molar-refractivity contribution in [2.75, 3.05) is 17.7 Å². The van der Waals surface area contributed by atoms with Crippen LogP contribution >= 0.6 is 23.1 Å². The van der Waals surface area contributed by atoms with Crippen molar-refractivity contribution in [3.8, 4) is 0 Å². The fraction of sp³-hybridized carbons (Fsp3) is 0.579. The number of hydrogen-bond donors (Lipinski definition) is 2. The second kappa shape index (κ2) is 8.65. The first kappa shape index (κ1) is 20.9. The smallest absolute Gasteiger partial charge is 0.341 e. The Morgan fingerprint density at radius 3 is 2.86 bits per heavy atom. The number of nitrogens with one attached hydrogen (secondary N) is 2. The fourth-order valence-electron chi connectivity index (χ4n) is 3.39. The van der Waals surface area contributed by atoms with Crippen LogP contribution in [0.4, 0.5) is 5.00 Å². The number of hydrogen-bond acceptors (Lipinski definition) is 7. The lowest BCUT2D eigenvalue weighted by molar-refractivity contribution is -0.113. The normalized spacial score (nSPS) is 16.5. The molecule has 0 unspecified atom stereocenters. The lowest BCUT2D eigenvalue weighted by Crippen LogP contribution is -2.26. The predicted molar refractivity (Wildman–Crippen MR) is 111 cm³/mol. The molecule has 1 aliphatic carbocycles. The van der Waals surface area contributed by atoms with Crippen LogP contribution in [0.5, 0.6) is 0 Å². The molecule has 0 fully saturated rings. The Kier molecular flexibility index (Phi) is 6.44. The average Bonchev–Trinajstić information content (AvgIpc) is 3.26. The number of rotatable bonds is 6. The molecule has 0 saturated carbocycles. The average molecular weight is 423 g/mol. The monoisotopic (exact) mass is 422 g/mol. The summed E-state index contributed by atoms with van der Waals surface area (Å²) in [7, 11) is 0. The number of carbonyl (C=O) groups excluding carboxylic acids is 2. The number of fused-ring (bicyclic) bond motifs is 1. The number of amides is 1. The number of H-pyrrole nitrogens is 1. The van der Waals surface area contributed by atoms with Gasteiger partial charge in [-0.1, -0.05) is 32.5 Å². The van der Waals surface area contributed by atoms with Gasteiger partial charge in [0.05, 0.1) is 17.9 Å². The zero-order valence-corrected chi connectivity index (χ0v) is 18.3. The van der Waals surface area contributed by atoms with Crippen LogP contribution < -0.4 is 5.32 Å². The first-order chi connectivity index (χ1) is 13.3. The maximum atomic E-state index is 12.6. The summed E-state index contributed by atoms with van der Waals surface area (Å²) in [5.74, 6) is 0.203. The van der Waals surface area contributed by atoms with Gasteiger partial charge in [-0.25, -0.2) is 9.78 Å². The SMILES string of the molecule is CCOC(=O)c1c(NC(=O)CSc2ncn[nH]2)sc2c1CC[C@H](C(C)(C)C)C2. The molecule has 2 heterocycles. The van der Waals surface area contributed by atoms with Crippen molar-refractivity contribution in [2.45, 2.75) is 52.1 Å². The van der Waals surface area contributed by atoms with Crippen LogP contribution in [0.3, 0.4) is 0 Å². The number of carbonyl (C=O) groups is 2. The lowest BCUT2D eigenvalue weighted by Gasteiger charge is -2.33. The van der Waals surface area contributed by atoms with Crippen LogP contribution in [-0.4, -0.2) is 39.4 Å². The Morgan fingerprint density at radius 2 is 2.21 bits per heavy atom. The first-order valence-electron chi connectivity index (χ1n) is 9.39. The van der Waals surface area contributed by atoms with Gasteiger partial charge >= 0.3 is 5.97 Å². The highest BCUT2D eigenvalue weighted by atomic mass is 32.2. The maximum absolute atomic E-state index is 12.6. The molecule has 2 aromatic rings. The molecule has 0 bridgehead atoms. The molecular weight excluding hydrogens is 396 g/mol. The summed E-state index contributed by atoms with van der Waals surface area (Å²) in [4.78, 5) is 30.2. The van der Waals surface area contributed by atoms with Gasteiger partial charge in [-0.3, -0.25) is 9.89 Å². The highest BCUT2D eigenvalue weighted by Crippen LogP contribution is 2.44. The van der Waals surface area contributed by atoms with Crippen LogP contribution in [0, 0.1) is 11.3 Å². The molecule has 28 heavy (non-hydrogen) atoms. The van der Waals surface area contributed by atoms with Gasteiger partial charge in [-0.05, 0) is 43.1 Å². The number of thioether (sulfide) groups is 1. The van der Waals surface area contributed by atoms with Crippen molar-refractivity contribution < 1.29 is 14.3 Å². The molecule has 0 radical (unpaired) electrons. The molecule has 0 aliphatic heterocycles. The van der Waals surface area contributed by atoms with Gasteiger partial charge < -0.3 is 10.1 Å². The van der Waals surface area contributed by atoms with Crippen LogP contribution in [0.2, 0.25) is 0 Å². The number of ether oxygens (including phenoxy) is 1. The molecule has 9 heteroatoms. The second-order valence-electron chi connectivity index (χ2n) is 7.86. The van der Waals surface area contributed by atoms with Crippen molar-refractivity contribution in [2.24, 2.45) is 11.3 Å². The van der Waals surface area contributed by atoms with E-state index in [1.807, 2.05) is 0 Å². The highest BCUT2D eigenvalue weighted by Gasteiger charge is 2.34. The summed E-state index contributed by atoms with van der Waals surface area (Å²) in [5.41, 5.74) is 1.79. The zero-order chi connectivity index (χ0) is 20.3. The molecule has 1 aliphatic rings. The number of anilines is 1. The van der Waals surface area contributed by atoms with Gasteiger partial charge in [-0.2, -0.15) is 5.10 Å². The third-order valence-corrected chi connectivity index (χ3v) is 7.00. The van der Waals surface area contributed by atoms with Gasteiger partial charge in [0.25, 0.3) is 0 Å². The molecule has 2 aromatic heterocycles. The van der Waals surface area contributed by atoms with Crippen molar-refractivity contribution in [3.05, 3.63) is 22.3 Å². The predicted octanol–water partition coefficient (Wildman–Crippen LogP) is 3.92. The molecule has 0 saturated heterocycles. The van der Waals surface area contributed by atoms with E-state index in [0.29, 0.717) is 28.2 Å². The summed E-state index contributed by atoms with van der Waals surface area (Å²) in [5, 5.41) is 10.6. The second-order valence-corrected chi connectivity index (χ2v) is 9.93. The van der Waals surface area contributed by atoms with Crippen molar-refractivity contribution in [1.82, 2.24) is 15.2 Å². The molecule has 7 nitrogen and oxygen atoms in total. The molecule has 1 atom stereocenters. The van der Waals surface area contributed by atoms with Crippen LogP contribution in [0.1, 0.15) is 54.9 Å².